The van der Waals surface area contributed by atoms with Gasteiger partial charge in [0.15, 0.2) is 17.4 Å². The molecular weight excluding hydrogens is 531 g/mol. The van der Waals surface area contributed by atoms with Gasteiger partial charge in [-0.15, -0.1) is 0 Å². The van der Waals surface area contributed by atoms with Crippen molar-refractivity contribution in [3.63, 3.8) is 0 Å². The number of benzene rings is 4. The van der Waals surface area contributed by atoms with E-state index in [4.69, 9.17) is 13.9 Å². The fourth-order valence-electron chi connectivity index (χ4n) is 4.23. The van der Waals surface area contributed by atoms with Gasteiger partial charge in [0.05, 0.1) is 17.4 Å². The second kappa shape index (κ2) is 11.3. The molecule has 0 aliphatic rings. The molecule has 0 fully saturated rings. The summed E-state index contributed by atoms with van der Waals surface area (Å²) in [7, 11) is 0. The Morgan fingerprint density at radius 1 is 0.585 bits per heavy atom. The van der Waals surface area contributed by atoms with Crippen molar-refractivity contribution >= 4 is 17.1 Å². The summed E-state index contributed by atoms with van der Waals surface area (Å²) < 4.78 is 61.1. The van der Waals surface area contributed by atoms with Crippen LogP contribution in [0.5, 0.6) is 23.1 Å². The van der Waals surface area contributed by atoms with Crippen LogP contribution in [0.15, 0.2) is 126 Å². The summed E-state index contributed by atoms with van der Waals surface area (Å²) in [6.45, 7) is 0. The smallest absolute Gasteiger partial charge is 0.229 e. The Kier molecular flexibility index (Phi) is 7.06. The van der Waals surface area contributed by atoms with Gasteiger partial charge in [-0.1, -0.05) is 42.5 Å². The Morgan fingerprint density at radius 3 is 1.85 bits per heavy atom. The number of pyridine rings is 1. The third-order valence-corrected chi connectivity index (χ3v) is 6.02. The van der Waals surface area contributed by atoms with Gasteiger partial charge < -0.3 is 18.8 Å². The maximum absolute atomic E-state index is 15.0. The molecule has 4 aromatic carbocycles. The van der Waals surface area contributed by atoms with Crippen LogP contribution in [0.4, 0.5) is 30.2 Å². The summed E-state index contributed by atoms with van der Waals surface area (Å²) in [4.78, 5) is 10.00. The number of halogens is 3. The number of hydrogen-bond donors (Lipinski definition) is 0. The molecule has 0 N–H and O–H groups in total. The van der Waals surface area contributed by atoms with Crippen LogP contribution in [0.1, 0.15) is 0 Å². The van der Waals surface area contributed by atoms with Crippen molar-refractivity contribution in [2.24, 2.45) is 0 Å². The molecule has 0 saturated heterocycles. The van der Waals surface area contributed by atoms with Crippen molar-refractivity contribution in [2.45, 2.75) is 0 Å². The van der Waals surface area contributed by atoms with Gasteiger partial charge in [0, 0.05) is 41.8 Å². The molecule has 0 amide bonds. The molecule has 6 rings (SSSR count). The summed E-state index contributed by atoms with van der Waals surface area (Å²) in [6, 6.07) is 30.2. The SMILES string of the molecule is Fc1c(Oc2cc(Oc3ccccn3)cc(N(c3ccccc3)c3ccccc3)c2)cc(-c2ncco2)c(F)c1F. The molecule has 6 aromatic rings. The average molecular weight is 552 g/mol. The molecule has 0 atom stereocenters. The molecule has 0 aliphatic heterocycles. The molecule has 9 heteroatoms. The van der Waals surface area contributed by atoms with Crippen molar-refractivity contribution in [3.05, 3.63) is 139 Å². The summed E-state index contributed by atoms with van der Waals surface area (Å²) in [5, 5.41) is 0. The molecule has 6 nitrogen and oxygen atoms in total. The van der Waals surface area contributed by atoms with E-state index in [9.17, 15) is 13.2 Å². The van der Waals surface area contributed by atoms with E-state index in [1.807, 2.05) is 65.6 Å². The van der Waals surface area contributed by atoms with E-state index in [0.29, 0.717) is 17.3 Å². The maximum atomic E-state index is 15.0. The molecule has 2 heterocycles. The van der Waals surface area contributed by atoms with Gasteiger partial charge in [0.1, 0.15) is 17.8 Å². The maximum Gasteiger partial charge on any atom is 0.229 e. The minimum Gasteiger partial charge on any atom is -0.454 e. The predicted octanol–water partition coefficient (Wildman–Crippen LogP) is 9.21. The normalized spacial score (nSPS) is 10.8. The van der Waals surface area contributed by atoms with Crippen LogP contribution in [0, 0.1) is 17.5 Å². The Bertz CT molecular complexity index is 1730. The Morgan fingerprint density at radius 2 is 1.24 bits per heavy atom. The highest BCUT2D eigenvalue weighted by Crippen LogP contribution is 2.41. The lowest BCUT2D eigenvalue weighted by Crippen LogP contribution is -2.10. The van der Waals surface area contributed by atoms with Gasteiger partial charge in [-0.05, 0) is 36.4 Å². The average Bonchev–Trinajstić information content (AvgIpc) is 3.54. The van der Waals surface area contributed by atoms with E-state index in [1.54, 1.807) is 36.5 Å². The van der Waals surface area contributed by atoms with E-state index in [2.05, 4.69) is 9.97 Å². The van der Waals surface area contributed by atoms with Crippen molar-refractivity contribution in [3.8, 4) is 34.6 Å². The number of nitrogens with zero attached hydrogens (tertiary/aromatic N) is 3. The molecule has 202 valence electrons. The minimum atomic E-state index is -1.72. The zero-order valence-corrected chi connectivity index (χ0v) is 21.2. The zero-order chi connectivity index (χ0) is 28.2. The summed E-state index contributed by atoms with van der Waals surface area (Å²) in [6.07, 6.45) is 4.05. The summed E-state index contributed by atoms with van der Waals surface area (Å²) in [5.74, 6) is -4.73. The number of rotatable bonds is 8. The third kappa shape index (κ3) is 5.46. The molecule has 0 radical (unpaired) electrons. The first kappa shape index (κ1) is 25.7. The number of aromatic nitrogens is 2. The number of anilines is 3. The monoisotopic (exact) mass is 551 g/mol. The minimum absolute atomic E-state index is 0.0913. The molecule has 41 heavy (non-hydrogen) atoms. The van der Waals surface area contributed by atoms with E-state index in [1.165, 1.54) is 18.5 Å². The largest absolute Gasteiger partial charge is 0.454 e. The van der Waals surface area contributed by atoms with E-state index >= 15 is 0 Å². The van der Waals surface area contributed by atoms with Crippen molar-refractivity contribution < 1.29 is 27.1 Å². The van der Waals surface area contributed by atoms with Crippen LogP contribution in [-0.2, 0) is 0 Å². The highest BCUT2D eigenvalue weighted by atomic mass is 19.2. The Balaban J connectivity index is 1.49. The topological polar surface area (TPSA) is 60.6 Å². The first-order valence-corrected chi connectivity index (χ1v) is 12.5. The molecule has 2 aromatic heterocycles. The van der Waals surface area contributed by atoms with Gasteiger partial charge >= 0.3 is 0 Å². The molecule has 0 bridgehead atoms. The number of ether oxygens (including phenoxy) is 2. The van der Waals surface area contributed by atoms with E-state index in [-0.39, 0.29) is 17.2 Å². The van der Waals surface area contributed by atoms with Crippen molar-refractivity contribution in [1.29, 1.82) is 0 Å². The summed E-state index contributed by atoms with van der Waals surface area (Å²) in [5.41, 5.74) is 1.84. The number of hydrogen-bond acceptors (Lipinski definition) is 6. The fourth-order valence-corrected chi connectivity index (χ4v) is 4.23. The number of oxazole rings is 1. The molecule has 0 unspecified atom stereocenters. The van der Waals surface area contributed by atoms with Crippen molar-refractivity contribution in [1.82, 2.24) is 9.97 Å². The highest BCUT2D eigenvalue weighted by molar-refractivity contribution is 5.78. The van der Waals surface area contributed by atoms with Crippen LogP contribution in [0.2, 0.25) is 0 Å². The third-order valence-electron chi connectivity index (χ3n) is 6.02. The van der Waals surface area contributed by atoms with E-state index in [0.717, 1.165) is 17.4 Å². The molecule has 0 aliphatic carbocycles. The molecule has 0 spiro atoms. The second-order valence-corrected chi connectivity index (χ2v) is 8.74. The standard InChI is InChI=1S/C32H20F3N3O3/c33-29-26(32-37-15-16-39-32)20-27(30(34)31(29)35)40-24-17-23(18-25(19-24)41-28-13-7-8-14-36-28)38(21-9-3-1-4-10-21)22-11-5-2-6-12-22/h1-20H. The highest BCUT2D eigenvalue weighted by Gasteiger charge is 2.24. The quantitative estimate of drug-likeness (QED) is 0.176. The first-order chi connectivity index (χ1) is 20.1. The fraction of sp³-hybridized carbons (Fsp3) is 0. The van der Waals surface area contributed by atoms with Crippen LogP contribution in [0.25, 0.3) is 11.5 Å². The van der Waals surface area contributed by atoms with Gasteiger partial charge in [-0.2, -0.15) is 4.39 Å². The van der Waals surface area contributed by atoms with Crippen molar-refractivity contribution in [2.75, 3.05) is 4.90 Å². The van der Waals surface area contributed by atoms with Gasteiger partial charge in [-0.25, -0.2) is 18.7 Å². The summed E-state index contributed by atoms with van der Waals surface area (Å²) >= 11 is 0. The lowest BCUT2D eigenvalue weighted by molar-refractivity contribution is 0.391. The van der Waals surface area contributed by atoms with Crippen LogP contribution >= 0.6 is 0 Å². The lowest BCUT2D eigenvalue weighted by Gasteiger charge is -2.26. The van der Waals surface area contributed by atoms with Gasteiger partial charge in [0.2, 0.25) is 17.6 Å². The Labute approximate surface area is 232 Å². The Hall–Kier alpha value is -5.57. The van der Waals surface area contributed by atoms with Crippen LogP contribution in [0.3, 0.4) is 0 Å². The van der Waals surface area contributed by atoms with Crippen LogP contribution < -0.4 is 14.4 Å². The van der Waals surface area contributed by atoms with E-state index < -0.39 is 23.2 Å². The lowest BCUT2D eigenvalue weighted by atomic mass is 10.1. The second-order valence-electron chi connectivity index (χ2n) is 8.74. The van der Waals surface area contributed by atoms with Gasteiger partial charge in [0.25, 0.3) is 0 Å². The first-order valence-electron chi connectivity index (χ1n) is 12.5. The zero-order valence-electron chi connectivity index (χ0n) is 21.2. The predicted molar refractivity (Wildman–Crippen MR) is 147 cm³/mol. The molecule has 0 saturated carbocycles. The number of para-hydroxylation sites is 2. The molecular formula is C32H20F3N3O3. The van der Waals surface area contributed by atoms with Gasteiger partial charge in [-0.3, -0.25) is 0 Å². The van der Waals surface area contributed by atoms with Crippen LogP contribution in [-0.4, -0.2) is 9.97 Å².